The summed E-state index contributed by atoms with van der Waals surface area (Å²) in [6.07, 6.45) is 1.31. The second kappa shape index (κ2) is 4.51. The maximum atomic E-state index is 12.7. The van der Waals surface area contributed by atoms with Crippen LogP contribution in [0.3, 0.4) is 0 Å². The van der Waals surface area contributed by atoms with Gasteiger partial charge in [-0.3, -0.25) is 4.79 Å². The van der Waals surface area contributed by atoms with Crippen molar-refractivity contribution in [2.45, 2.75) is 6.92 Å². The highest BCUT2D eigenvalue weighted by molar-refractivity contribution is 6.07. The van der Waals surface area contributed by atoms with Crippen LogP contribution in [-0.4, -0.2) is 37.1 Å². The van der Waals surface area contributed by atoms with Crippen LogP contribution in [0.2, 0.25) is 0 Å². The molecule has 108 valence electrons. The van der Waals surface area contributed by atoms with Crippen LogP contribution in [-0.2, 0) is 0 Å². The van der Waals surface area contributed by atoms with E-state index < -0.39 is 0 Å². The van der Waals surface area contributed by atoms with E-state index in [1.807, 2.05) is 18.2 Å². The van der Waals surface area contributed by atoms with Crippen LogP contribution in [0.25, 0.3) is 0 Å². The second-order valence-electron chi connectivity index (χ2n) is 5.18. The Hall–Kier alpha value is -2.50. The molecular formula is C15H15N3O3. The Morgan fingerprint density at radius 3 is 3.00 bits per heavy atom. The van der Waals surface area contributed by atoms with Gasteiger partial charge in [-0.15, -0.1) is 0 Å². The van der Waals surface area contributed by atoms with E-state index in [0.29, 0.717) is 24.6 Å². The summed E-state index contributed by atoms with van der Waals surface area (Å²) >= 11 is 0. The van der Waals surface area contributed by atoms with Gasteiger partial charge in [-0.2, -0.15) is 0 Å². The molecular weight excluding hydrogens is 270 g/mol. The normalized spacial score (nSPS) is 16.4. The molecule has 6 heteroatoms. The molecule has 2 aliphatic rings. The van der Waals surface area contributed by atoms with Crippen molar-refractivity contribution in [2.75, 3.05) is 36.0 Å². The van der Waals surface area contributed by atoms with Gasteiger partial charge in [-0.1, -0.05) is 6.07 Å². The largest absolute Gasteiger partial charge is 0.489 e. The number of aryl methyl sites for hydroxylation is 1. The maximum Gasteiger partial charge on any atom is 0.296 e. The standard InChI is InChI=1S/C15H15N3O3/c1-10-14(21-9-16-10)15(19)18-6-5-17-7-8-20-12-4-2-3-11(18)13(12)17/h2-4,9H,5-8H2,1H3. The van der Waals surface area contributed by atoms with Gasteiger partial charge in [0.05, 0.1) is 17.9 Å². The first-order valence-corrected chi connectivity index (χ1v) is 6.98. The third kappa shape index (κ3) is 1.79. The fourth-order valence-electron chi connectivity index (χ4n) is 2.95. The van der Waals surface area contributed by atoms with E-state index in [1.165, 1.54) is 6.39 Å². The Kier molecular flexibility index (Phi) is 2.63. The van der Waals surface area contributed by atoms with Crippen molar-refractivity contribution in [3.8, 4) is 5.75 Å². The van der Waals surface area contributed by atoms with Gasteiger partial charge in [-0.05, 0) is 19.1 Å². The van der Waals surface area contributed by atoms with E-state index >= 15 is 0 Å². The number of carbonyl (C=O) groups excluding carboxylic acids is 1. The van der Waals surface area contributed by atoms with Gasteiger partial charge in [0, 0.05) is 13.1 Å². The van der Waals surface area contributed by atoms with E-state index in [4.69, 9.17) is 9.15 Å². The summed E-state index contributed by atoms with van der Waals surface area (Å²) in [5.74, 6) is 0.993. The van der Waals surface area contributed by atoms with E-state index in [2.05, 4.69) is 9.88 Å². The van der Waals surface area contributed by atoms with Crippen LogP contribution in [0, 0.1) is 6.92 Å². The maximum absolute atomic E-state index is 12.7. The number of carbonyl (C=O) groups is 1. The second-order valence-corrected chi connectivity index (χ2v) is 5.18. The lowest BCUT2D eigenvalue weighted by molar-refractivity contribution is 0.0958. The molecule has 1 aromatic carbocycles. The average Bonchev–Trinajstić information content (AvgIpc) is 2.94. The summed E-state index contributed by atoms with van der Waals surface area (Å²) in [6.45, 7) is 4.75. The van der Waals surface area contributed by atoms with E-state index in [0.717, 1.165) is 30.2 Å². The highest BCUT2D eigenvalue weighted by atomic mass is 16.5. The van der Waals surface area contributed by atoms with Gasteiger partial charge < -0.3 is 19.0 Å². The van der Waals surface area contributed by atoms with Crippen molar-refractivity contribution in [1.29, 1.82) is 0 Å². The Labute approximate surface area is 121 Å². The Bertz CT molecular complexity index is 710. The number of hydrogen-bond donors (Lipinski definition) is 0. The number of aromatic nitrogens is 1. The number of rotatable bonds is 1. The molecule has 0 spiro atoms. The lowest BCUT2D eigenvalue weighted by Gasteiger charge is -2.40. The van der Waals surface area contributed by atoms with Crippen molar-refractivity contribution < 1.29 is 13.9 Å². The molecule has 2 aliphatic heterocycles. The summed E-state index contributed by atoms with van der Waals surface area (Å²) in [5.41, 5.74) is 2.49. The molecule has 0 aliphatic carbocycles. The van der Waals surface area contributed by atoms with Crippen LogP contribution < -0.4 is 14.5 Å². The number of para-hydroxylation sites is 1. The zero-order valence-electron chi connectivity index (χ0n) is 11.7. The summed E-state index contributed by atoms with van der Waals surface area (Å²) in [7, 11) is 0. The molecule has 0 saturated heterocycles. The zero-order valence-corrected chi connectivity index (χ0v) is 11.7. The smallest absolute Gasteiger partial charge is 0.296 e. The van der Waals surface area contributed by atoms with E-state index in [-0.39, 0.29) is 5.91 Å². The first kappa shape index (κ1) is 12.3. The highest BCUT2D eigenvalue weighted by Crippen LogP contribution is 2.43. The van der Waals surface area contributed by atoms with Crippen molar-refractivity contribution in [3.05, 3.63) is 36.0 Å². The number of ether oxygens (including phenoxy) is 1. The van der Waals surface area contributed by atoms with E-state index in [9.17, 15) is 4.79 Å². The van der Waals surface area contributed by atoms with E-state index in [1.54, 1.807) is 11.8 Å². The molecule has 1 aromatic heterocycles. The molecule has 6 nitrogen and oxygen atoms in total. The predicted octanol–water partition coefficient (Wildman–Crippen LogP) is 1.84. The van der Waals surface area contributed by atoms with Crippen LogP contribution >= 0.6 is 0 Å². The summed E-state index contributed by atoms with van der Waals surface area (Å²) in [6, 6.07) is 5.80. The summed E-state index contributed by atoms with van der Waals surface area (Å²) in [5, 5.41) is 0. The minimum atomic E-state index is -0.149. The number of amides is 1. The molecule has 0 bridgehead atoms. The third-order valence-electron chi connectivity index (χ3n) is 3.98. The predicted molar refractivity (Wildman–Crippen MR) is 77.1 cm³/mol. The monoisotopic (exact) mass is 285 g/mol. The fraction of sp³-hybridized carbons (Fsp3) is 0.333. The quantitative estimate of drug-likeness (QED) is 0.800. The topological polar surface area (TPSA) is 58.8 Å². The van der Waals surface area contributed by atoms with Crippen molar-refractivity contribution >= 4 is 17.3 Å². The highest BCUT2D eigenvalue weighted by Gasteiger charge is 2.33. The van der Waals surface area contributed by atoms with Gasteiger partial charge in [0.1, 0.15) is 18.0 Å². The van der Waals surface area contributed by atoms with Crippen LogP contribution in [0.15, 0.2) is 29.0 Å². The summed E-state index contributed by atoms with van der Waals surface area (Å²) < 4.78 is 10.9. The first-order chi connectivity index (χ1) is 10.3. The van der Waals surface area contributed by atoms with Crippen molar-refractivity contribution in [2.24, 2.45) is 0 Å². The molecule has 3 heterocycles. The average molecular weight is 285 g/mol. The molecule has 0 atom stereocenters. The number of hydrogen-bond acceptors (Lipinski definition) is 5. The molecule has 0 fully saturated rings. The van der Waals surface area contributed by atoms with Crippen LogP contribution in [0.5, 0.6) is 5.75 Å². The van der Waals surface area contributed by atoms with Crippen molar-refractivity contribution in [1.82, 2.24) is 4.98 Å². The van der Waals surface area contributed by atoms with Crippen LogP contribution in [0.4, 0.5) is 11.4 Å². The Morgan fingerprint density at radius 2 is 2.19 bits per heavy atom. The Morgan fingerprint density at radius 1 is 1.29 bits per heavy atom. The number of anilines is 2. The minimum absolute atomic E-state index is 0.149. The third-order valence-corrected chi connectivity index (χ3v) is 3.98. The minimum Gasteiger partial charge on any atom is -0.489 e. The lowest BCUT2D eigenvalue weighted by atomic mass is 10.1. The lowest BCUT2D eigenvalue weighted by Crippen LogP contribution is -2.47. The molecule has 0 N–H and O–H groups in total. The number of oxazole rings is 1. The van der Waals surface area contributed by atoms with Gasteiger partial charge in [0.25, 0.3) is 5.91 Å². The van der Waals surface area contributed by atoms with Gasteiger partial charge in [-0.25, -0.2) is 4.98 Å². The molecule has 4 rings (SSSR count). The van der Waals surface area contributed by atoms with Gasteiger partial charge in [0.15, 0.2) is 6.39 Å². The molecule has 21 heavy (non-hydrogen) atoms. The zero-order chi connectivity index (χ0) is 14.4. The van der Waals surface area contributed by atoms with Crippen LogP contribution in [0.1, 0.15) is 16.2 Å². The molecule has 0 unspecified atom stereocenters. The fourth-order valence-corrected chi connectivity index (χ4v) is 2.95. The number of nitrogens with zero attached hydrogens (tertiary/aromatic N) is 3. The first-order valence-electron chi connectivity index (χ1n) is 6.98. The SMILES string of the molecule is Cc1ncoc1C(=O)N1CCN2CCOc3cccc1c32. The molecule has 1 amide bonds. The summed E-state index contributed by atoms with van der Waals surface area (Å²) in [4.78, 5) is 20.7. The molecule has 0 saturated carbocycles. The Balaban J connectivity index is 1.79. The van der Waals surface area contributed by atoms with Gasteiger partial charge in [0.2, 0.25) is 5.76 Å². The van der Waals surface area contributed by atoms with Crippen molar-refractivity contribution in [3.63, 3.8) is 0 Å². The molecule has 2 aromatic rings. The van der Waals surface area contributed by atoms with Gasteiger partial charge >= 0.3 is 0 Å². The molecule has 0 radical (unpaired) electrons. The number of benzene rings is 1.